The zero-order valence-corrected chi connectivity index (χ0v) is 62.5. The number of esters is 2. The molecule has 2 atom stereocenters. The lowest BCUT2D eigenvalue weighted by atomic mass is 10.1. The number of nitrogens with zero attached hydrogens (tertiary/aromatic N) is 1. The predicted molar refractivity (Wildman–Crippen MR) is 425 cm³/mol. The highest BCUT2D eigenvalue weighted by Gasteiger charge is 2.22. The van der Waals surface area contributed by atoms with Crippen LogP contribution in [0.2, 0.25) is 0 Å². The number of carboxylic acids is 1. The third-order valence-corrected chi connectivity index (χ3v) is 14.8. The van der Waals surface area contributed by atoms with E-state index >= 15 is 0 Å². The van der Waals surface area contributed by atoms with Gasteiger partial charge in [-0.15, -0.1) is 0 Å². The highest BCUT2D eigenvalue weighted by Crippen LogP contribution is 2.13. The van der Waals surface area contributed by atoms with Gasteiger partial charge in [0.25, 0.3) is 0 Å². The number of hydrogen-bond acceptors (Lipinski definition) is 8. The third kappa shape index (κ3) is 78.0. The zero-order valence-electron chi connectivity index (χ0n) is 62.5. The number of carbonyl (C=O) groups is 3. The molecule has 2 unspecified atom stereocenters. The van der Waals surface area contributed by atoms with Crippen molar-refractivity contribution in [2.24, 2.45) is 0 Å². The first-order valence-corrected chi connectivity index (χ1v) is 37.8. The van der Waals surface area contributed by atoms with Crippen LogP contribution in [0.1, 0.15) is 232 Å². The molecule has 0 saturated carbocycles. The first kappa shape index (κ1) is 91.8. The Hall–Kier alpha value is -7.17. The van der Waals surface area contributed by atoms with Crippen molar-refractivity contribution in [1.82, 2.24) is 0 Å². The maximum atomic E-state index is 13.0. The van der Waals surface area contributed by atoms with E-state index in [1.807, 2.05) is 21.1 Å². The van der Waals surface area contributed by atoms with Gasteiger partial charge in [-0.25, -0.2) is 0 Å². The second-order valence-corrected chi connectivity index (χ2v) is 25.1. The number of hydrogen-bond donors (Lipinski definition) is 0. The van der Waals surface area contributed by atoms with Gasteiger partial charge in [-0.2, -0.15) is 0 Å². The summed E-state index contributed by atoms with van der Waals surface area (Å²) < 4.78 is 22.7. The second-order valence-electron chi connectivity index (χ2n) is 25.1. The smallest absolute Gasteiger partial charge is 0.306 e. The van der Waals surface area contributed by atoms with Crippen LogP contribution in [-0.2, 0) is 33.3 Å². The third-order valence-electron chi connectivity index (χ3n) is 14.8. The monoisotopic (exact) mass is 1360 g/mol. The summed E-state index contributed by atoms with van der Waals surface area (Å²) in [6.45, 7) is 4.42. The lowest BCUT2D eigenvalue weighted by Gasteiger charge is -2.26. The topological polar surface area (TPSA) is 111 Å². The fourth-order valence-corrected chi connectivity index (χ4v) is 9.10. The number of aliphatic carboxylic acids is 1. The van der Waals surface area contributed by atoms with Gasteiger partial charge in [0.1, 0.15) is 13.2 Å². The van der Waals surface area contributed by atoms with Crippen molar-refractivity contribution in [2.45, 2.75) is 245 Å². The minimum absolute atomic E-state index is 0.124. The lowest BCUT2D eigenvalue weighted by Crippen LogP contribution is -2.44. The minimum Gasteiger partial charge on any atom is -0.545 e. The van der Waals surface area contributed by atoms with Crippen molar-refractivity contribution >= 4 is 17.9 Å². The van der Waals surface area contributed by atoms with E-state index in [0.717, 1.165) is 193 Å². The molecule has 0 radical (unpaired) electrons. The molecule has 0 heterocycles. The number of quaternary nitrogens is 1. The van der Waals surface area contributed by atoms with Gasteiger partial charge in [-0.3, -0.25) is 9.59 Å². The van der Waals surface area contributed by atoms with Crippen molar-refractivity contribution < 1.29 is 42.9 Å². The van der Waals surface area contributed by atoms with Crippen molar-refractivity contribution in [2.75, 3.05) is 47.5 Å². The van der Waals surface area contributed by atoms with Crippen LogP contribution in [0.15, 0.2) is 255 Å². The van der Waals surface area contributed by atoms with Crippen LogP contribution in [-0.4, -0.2) is 82.3 Å². The Balaban J connectivity index is 4.30. The molecule has 0 fully saturated rings. The van der Waals surface area contributed by atoms with Crippen LogP contribution >= 0.6 is 0 Å². The number of unbranched alkanes of at least 4 members (excludes halogenated alkanes) is 9. The van der Waals surface area contributed by atoms with E-state index in [1.54, 1.807) is 0 Å². The number of carbonyl (C=O) groups excluding carboxylic acids is 3. The van der Waals surface area contributed by atoms with E-state index in [-0.39, 0.29) is 32.7 Å². The molecule has 0 aromatic heterocycles. The van der Waals surface area contributed by atoms with E-state index in [1.165, 1.54) is 0 Å². The molecule has 0 bridgehead atoms. The average Bonchev–Trinajstić information content (AvgIpc) is 2.62. The molecule has 0 aromatic carbocycles. The van der Waals surface area contributed by atoms with Gasteiger partial charge in [0.15, 0.2) is 12.4 Å². The number of carboxylic acid groups (broad SMARTS) is 1. The summed E-state index contributed by atoms with van der Waals surface area (Å²) in [5.41, 5.74) is 0. The molecule has 99 heavy (non-hydrogen) atoms. The molecule has 0 amide bonds. The Labute approximate surface area is 604 Å². The van der Waals surface area contributed by atoms with Gasteiger partial charge in [-0.1, -0.05) is 301 Å². The summed E-state index contributed by atoms with van der Waals surface area (Å²) in [6.07, 6.45) is 122. The van der Waals surface area contributed by atoms with Gasteiger partial charge >= 0.3 is 11.9 Å². The van der Waals surface area contributed by atoms with E-state index in [0.29, 0.717) is 23.9 Å². The number of allylic oxidation sites excluding steroid dienone is 42. The Kier molecular flexibility index (Phi) is 71.0. The van der Waals surface area contributed by atoms with Crippen molar-refractivity contribution in [3.63, 3.8) is 0 Å². The first-order chi connectivity index (χ1) is 48.6. The summed E-state index contributed by atoms with van der Waals surface area (Å²) in [4.78, 5) is 37.5. The molecular formula is C90H135NO8. The molecule has 0 aliphatic heterocycles. The molecule has 0 saturated heterocycles. The van der Waals surface area contributed by atoms with Crippen LogP contribution in [0.5, 0.6) is 0 Å². The van der Waals surface area contributed by atoms with Crippen LogP contribution in [0, 0.1) is 0 Å². The molecule has 9 heteroatoms. The fourth-order valence-electron chi connectivity index (χ4n) is 9.10. The zero-order chi connectivity index (χ0) is 71.8. The van der Waals surface area contributed by atoms with E-state index in [4.69, 9.17) is 18.9 Å². The molecule has 9 nitrogen and oxygen atoms in total. The van der Waals surface area contributed by atoms with E-state index in [2.05, 4.69) is 269 Å². The minimum atomic E-state index is -1.65. The van der Waals surface area contributed by atoms with Crippen LogP contribution in [0.3, 0.4) is 0 Å². The highest BCUT2D eigenvalue weighted by molar-refractivity contribution is 5.70. The Bertz CT molecular complexity index is 2590. The van der Waals surface area contributed by atoms with Crippen LogP contribution in [0.4, 0.5) is 0 Å². The maximum Gasteiger partial charge on any atom is 0.306 e. The van der Waals surface area contributed by atoms with Crippen LogP contribution in [0.25, 0.3) is 0 Å². The normalized spacial score (nSPS) is 14.2. The van der Waals surface area contributed by atoms with Crippen molar-refractivity contribution in [1.29, 1.82) is 0 Å². The molecular weight excluding hydrogens is 1220 g/mol. The Morgan fingerprint density at radius 3 is 0.808 bits per heavy atom. The fraction of sp³-hybridized carbons (Fsp3) is 0.500. The first-order valence-electron chi connectivity index (χ1n) is 37.8. The Morgan fingerprint density at radius 1 is 0.303 bits per heavy atom. The molecule has 0 aliphatic rings. The molecule has 0 rings (SSSR count). The molecule has 548 valence electrons. The molecule has 0 aliphatic carbocycles. The summed E-state index contributed by atoms with van der Waals surface area (Å²) >= 11 is 0. The van der Waals surface area contributed by atoms with Crippen LogP contribution < -0.4 is 5.11 Å². The van der Waals surface area contributed by atoms with Gasteiger partial charge < -0.3 is 33.3 Å². The van der Waals surface area contributed by atoms with Crippen molar-refractivity contribution in [3.05, 3.63) is 255 Å². The average molecular weight is 1360 g/mol. The Morgan fingerprint density at radius 2 is 0.545 bits per heavy atom. The summed E-state index contributed by atoms with van der Waals surface area (Å²) in [5, 5.41) is 11.8. The summed E-state index contributed by atoms with van der Waals surface area (Å²) in [6, 6.07) is 0. The van der Waals surface area contributed by atoms with E-state index < -0.39 is 30.3 Å². The SMILES string of the molecule is CC/C=C\C/C=C\C/C=C\C/C=C\C/C=C\C/C=C\C/C=C\C/C=C\C/C=C\C/C=C\C/C=C\C/C=C\CCCCCCC(=O)OC(COC(=O)CCCCCCC/C=C\C/C=C\C/C=C\C/C=C\C/C=C\C/C=C\C/C=C\C/C=C\C/C=C\CC)COC(OCC[N+](C)(C)C)C(=O)[O-]. The summed E-state index contributed by atoms with van der Waals surface area (Å²) in [5.74, 6) is -2.38. The summed E-state index contributed by atoms with van der Waals surface area (Å²) in [7, 11) is 5.89. The second kappa shape index (κ2) is 76.6. The van der Waals surface area contributed by atoms with Crippen molar-refractivity contribution in [3.8, 4) is 0 Å². The standard InChI is InChI=1S/C90H135NO8/c1-6-8-10-12-14-16-18-20-22-24-26-28-30-32-34-36-38-40-41-42-43-44-45-46-47-49-51-53-55-57-59-61-63-65-67-69-71-73-75-77-79-81-88(93)99-86(85-98-90(89(94)95)96-83-82-91(3,4)5)84-97-87(92)80-78-76-74-72-70-68-66-64-62-60-58-56-54-52-50-48-39-37-35-33-31-29-27-25-23-21-19-17-15-13-11-9-7-2/h8-11,14-17,20-23,26-29,32-35,38-40,42-43,45-46,48-49,51-52,54-55,57-58,60-61,63-64,66-67,69,86,90H,6-7,12-13,18-19,24-25,30-31,36-37,41,44,47,50,53,56,59,62,65,68,70-85H2,1-5H3/b10-8-,11-9-,16-14-,17-15-,22-20-,23-21-,28-26-,29-27-,34-32-,35-33-,40-38-,43-42-,46-45-,48-39-,51-49-,54-52-,57-55-,60-58-,63-61-,66-64-,69-67-. The van der Waals surface area contributed by atoms with Gasteiger partial charge in [0.05, 0.1) is 40.3 Å². The molecule has 0 N–H and O–H groups in total. The van der Waals surface area contributed by atoms with Gasteiger partial charge in [0, 0.05) is 12.8 Å². The largest absolute Gasteiger partial charge is 0.545 e. The highest BCUT2D eigenvalue weighted by atomic mass is 16.7. The van der Waals surface area contributed by atoms with Gasteiger partial charge in [-0.05, 0) is 173 Å². The quantitative estimate of drug-likeness (QED) is 0.0195. The molecule has 0 aromatic rings. The number of likely N-dealkylation sites (N-methyl/N-ethyl adjacent to an activating group) is 1. The number of rotatable bonds is 66. The molecule has 0 spiro atoms. The van der Waals surface area contributed by atoms with Gasteiger partial charge in [0.2, 0.25) is 0 Å². The maximum absolute atomic E-state index is 13.0. The predicted octanol–water partition coefficient (Wildman–Crippen LogP) is 23.2. The van der Waals surface area contributed by atoms with E-state index in [9.17, 15) is 19.5 Å². The lowest BCUT2D eigenvalue weighted by molar-refractivity contribution is -0.870. The number of ether oxygens (including phenoxy) is 4.